The fourth-order valence-electron chi connectivity index (χ4n) is 1.18. The third kappa shape index (κ3) is 2.74. The van der Waals surface area contributed by atoms with Gasteiger partial charge in [-0.1, -0.05) is 40.8 Å². The van der Waals surface area contributed by atoms with Gasteiger partial charge in [-0.3, -0.25) is 0 Å². The molecule has 0 fully saturated rings. The molecule has 2 aromatic rings. The monoisotopic (exact) mass is 271 g/mol. The number of hydrogen-bond donors (Lipinski definition) is 1. The average molecular weight is 272 g/mol. The molecular weight excluding hydrogens is 262 g/mol. The van der Waals surface area contributed by atoms with Crippen molar-refractivity contribution in [3.05, 3.63) is 34.3 Å². The van der Waals surface area contributed by atoms with Gasteiger partial charge in [-0.25, -0.2) is 0 Å². The van der Waals surface area contributed by atoms with Crippen LogP contribution in [0.2, 0.25) is 5.02 Å². The third-order valence-corrected chi connectivity index (χ3v) is 4.30. The maximum Gasteiger partial charge on any atom is 0.178 e. The molecule has 0 amide bonds. The number of benzene rings is 1. The zero-order valence-electron chi connectivity index (χ0n) is 8.55. The minimum atomic E-state index is -0.00178. The van der Waals surface area contributed by atoms with Crippen molar-refractivity contribution in [2.24, 2.45) is 5.73 Å². The highest BCUT2D eigenvalue weighted by atomic mass is 35.5. The molecular formula is C10H10ClN3S2. The van der Waals surface area contributed by atoms with Gasteiger partial charge in [0.25, 0.3) is 0 Å². The highest BCUT2D eigenvalue weighted by molar-refractivity contribution is 8.01. The van der Waals surface area contributed by atoms with Crippen LogP contribution in [0.4, 0.5) is 0 Å². The molecule has 0 saturated heterocycles. The highest BCUT2D eigenvalue weighted by Crippen LogP contribution is 2.34. The van der Waals surface area contributed by atoms with Crippen molar-refractivity contribution in [3.63, 3.8) is 0 Å². The average Bonchev–Trinajstić information content (AvgIpc) is 2.73. The Balaban J connectivity index is 2.23. The van der Waals surface area contributed by atoms with E-state index in [4.69, 9.17) is 17.3 Å². The lowest BCUT2D eigenvalue weighted by molar-refractivity contribution is 0.817. The van der Waals surface area contributed by atoms with Crippen LogP contribution in [0.15, 0.2) is 32.9 Å². The largest absolute Gasteiger partial charge is 0.324 e. The molecule has 0 unspecified atom stereocenters. The van der Waals surface area contributed by atoms with E-state index in [9.17, 15) is 0 Å². The van der Waals surface area contributed by atoms with Gasteiger partial charge in [0.15, 0.2) is 4.34 Å². The van der Waals surface area contributed by atoms with Crippen molar-refractivity contribution in [3.8, 4) is 0 Å². The molecule has 2 rings (SSSR count). The van der Waals surface area contributed by atoms with Crippen LogP contribution in [0.25, 0.3) is 0 Å². The summed E-state index contributed by atoms with van der Waals surface area (Å²) in [7, 11) is 0. The fourth-order valence-corrected chi connectivity index (χ4v) is 2.93. The Hall–Kier alpha value is -0.620. The van der Waals surface area contributed by atoms with E-state index < -0.39 is 0 Å². The normalized spacial score (nSPS) is 12.7. The van der Waals surface area contributed by atoms with Crippen molar-refractivity contribution in [1.82, 2.24) is 10.2 Å². The number of hydrogen-bond acceptors (Lipinski definition) is 5. The Bertz CT molecular complexity index is 471. The third-order valence-electron chi connectivity index (χ3n) is 2.02. The smallest absolute Gasteiger partial charge is 0.178 e. The molecule has 1 heterocycles. The zero-order valence-corrected chi connectivity index (χ0v) is 10.9. The van der Waals surface area contributed by atoms with Gasteiger partial charge in [0.1, 0.15) is 5.51 Å². The summed E-state index contributed by atoms with van der Waals surface area (Å²) in [5.41, 5.74) is 8.52. The van der Waals surface area contributed by atoms with Gasteiger partial charge < -0.3 is 5.73 Å². The quantitative estimate of drug-likeness (QED) is 0.930. The second-order valence-corrected chi connectivity index (χ2v) is 5.81. The SMILES string of the molecule is C[C@H](N)c1ccc(Sc2nncs2)c(Cl)c1. The molecule has 1 aromatic heterocycles. The Morgan fingerprint density at radius 1 is 1.50 bits per heavy atom. The molecule has 1 atom stereocenters. The predicted molar refractivity (Wildman–Crippen MR) is 68.1 cm³/mol. The Labute approximate surface area is 107 Å². The van der Waals surface area contributed by atoms with Crippen molar-refractivity contribution in [2.75, 3.05) is 0 Å². The lowest BCUT2D eigenvalue weighted by Crippen LogP contribution is -2.04. The summed E-state index contributed by atoms with van der Waals surface area (Å²) in [6.45, 7) is 1.93. The number of nitrogens with two attached hydrogens (primary N) is 1. The summed E-state index contributed by atoms with van der Waals surface area (Å²) in [6, 6.07) is 5.85. The molecule has 3 nitrogen and oxygen atoms in total. The molecule has 0 spiro atoms. The molecule has 0 aliphatic rings. The minimum absolute atomic E-state index is 0.00178. The van der Waals surface area contributed by atoms with Crippen LogP contribution in [-0.4, -0.2) is 10.2 Å². The number of halogens is 1. The van der Waals surface area contributed by atoms with Gasteiger partial charge >= 0.3 is 0 Å². The number of aromatic nitrogens is 2. The van der Waals surface area contributed by atoms with E-state index in [0.29, 0.717) is 5.02 Å². The molecule has 2 N–H and O–H groups in total. The summed E-state index contributed by atoms with van der Waals surface area (Å²) < 4.78 is 0.885. The van der Waals surface area contributed by atoms with Crippen molar-refractivity contribution in [2.45, 2.75) is 22.2 Å². The highest BCUT2D eigenvalue weighted by Gasteiger charge is 2.07. The van der Waals surface area contributed by atoms with Gasteiger partial charge in [-0.05, 0) is 24.6 Å². The molecule has 0 bridgehead atoms. The van der Waals surface area contributed by atoms with Gasteiger partial charge in [-0.15, -0.1) is 10.2 Å². The first kappa shape index (κ1) is 11.9. The minimum Gasteiger partial charge on any atom is -0.324 e. The Morgan fingerprint density at radius 2 is 2.31 bits per heavy atom. The predicted octanol–water partition coefficient (Wildman–Crippen LogP) is 3.36. The topological polar surface area (TPSA) is 51.8 Å². The lowest BCUT2D eigenvalue weighted by Gasteiger charge is -2.08. The van der Waals surface area contributed by atoms with Gasteiger partial charge in [0, 0.05) is 10.9 Å². The molecule has 0 radical (unpaired) electrons. The van der Waals surface area contributed by atoms with Crippen LogP contribution in [-0.2, 0) is 0 Å². The van der Waals surface area contributed by atoms with Crippen LogP contribution >= 0.6 is 34.7 Å². The van der Waals surface area contributed by atoms with Crippen LogP contribution < -0.4 is 5.73 Å². The van der Waals surface area contributed by atoms with Crippen LogP contribution in [0.5, 0.6) is 0 Å². The van der Waals surface area contributed by atoms with E-state index in [0.717, 1.165) is 14.8 Å². The molecule has 16 heavy (non-hydrogen) atoms. The van der Waals surface area contributed by atoms with E-state index in [1.807, 2.05) is 25.1 Å². The molecule has 0 saturated carbocycles. The Morgan fingerprint density at radius 3 is 2.88 bits per heavy atom. The first-order valence-corrected chi connectivity index (χ1v) is 6.73. The van der Waals surface area contributed by atoms with E-state index in [1.165, 1.54) is 23.1 Å². The summed E-state index contributed by atoms with van der Waals surface area (Å²) in [5, 5.41) is 8.44. The van der Waals surface area contributed by atoms with Crippen molar-refractivity contribution in [1.29, 1.82) is 0 Å². The first-order valence-electron chi connectivity index (χ1n) is 4.66. The second-order valence-electron chi connectivity index (χ2n) is 3.29. The maximum atomic E-state index is 6.17. The molecule has 84 valence electrons. The summed E-state index contributed by atoms with van der Waals surface area (Å²) in [5.74, 6) is 0. The van der Waals surface area contributed by atoms with E-state index in [-0.39, 0.29) is 6.04 Å². The van der Waals surface area contributed by atoms with E-state index in [1.54, 1.807) is 5.51 Å². The number of rotatable bonds is 3. The zero-order chi connectivity index (χ0) is 11.5. The van der Waals surface area contributed by atoms with Gasteiger partial charge in [0.05, 0.1) is 5.02 Å². The van der Waals surface area contributed by atoms with E-state index in [2.05, 4.69) is 10.2 Å². The summed E-state index contributed by atoms with van der Waals surface area (Å²) in [6.07, 6.45) is 0. The van der Waals surface area contributed by atoms with Gasteiger partial charge in [-0.2, -0.15) is 0 Å². The Kier molecular flexibility index (Phi) is 3.81. The van der Waals surface area contributed by atoms with E-state index >= 15 is 0 Å². The fraction of sp³-hybridized carbons (Fsp3) is 0.200. The molecule has 0 aliphatic heterocycles. The van der Waals surface area contributed by atoms with Gasteiger partial charge in [0.2, 0.25) is 0 Å². The molecule has 6 heteroatoms. The van der Waals surface area contributed by atoms with Crippen molar-refractivity contribution < 1.29 is 0 Å². The van der Waals surface area contributed by atoms with Crippen LogP contribution in [0, 0.1) is 0 Å². The second kappa shape index (κ2) is 5.14. The van der Waals surface area contributed by atoms with Crippen molar-refractivity contribution >= 4 is 34.7 Å². The number of nitrogens with zero attached hydrogens (tertiary/aromatic N) is 2. The lowest BCUT2D eigenvalue weighted by atomic mass is 10.1. The standard InChI is InChI=1S/C10H10ClN3S2/c1-6(12)7-2-3-9(8(11)4-7)16-10-14-13-5-15-10/h2-6H,12H2,1H3/t6-/m0/s1. The van der Waals surface area contributed by atoms with Crippen LogP contribution in [0.3, 0.4) is 0 Å². The first-order chi connectivity index (χ1) is 7.66. The summed E-state index contributed by atoms with van der Waals surface area (Å²) in [4.78, 5) is 0.975. The molecule has 0 aliphatic carbocycles. The maximum absolute atomic E-state index is 6.17. The molecule has 1 aromatic carbocycles. The summed E-state index contributed by atoms with van der Waals surface area (Å²) >= 11 is 9.18. The van der Waals surface area contributed by atoms with Crippen LogP contribution in [0.1, 0.15) is 18.5 Å².